The molecule has 2 aromatic rings. The predicted octanol–water partition coefficient (Wildman–Crippen LogP) is 4.52. The number of halogens is 4. The molecule has 0 amide bonds. The Labute approximate surface area is 171 Å². The Morgan fingerprint density at radius 1 is 1.14 bits per heavy atom. The van der Waals surface area contributed by atoms with Crippen LogP contribution in [0, 0.1) is 6.92 Å². The maximum absolute atomic E-state index is 14.8. The minimum absolute atomic E-state index is 0.0710. The van der Waals surface area contributed by atoms with Gasteiger partial charge in [0, 0.05) is 0 Å². The molecule has 1 N–H and O–H groups in total. The van der Waals surface area contributed by atoms with Crippen molar-refractivity contribution in [2.24, 2.45) is 0 Å². The van der Waals surface area contributed by atoms with Gasteiger partial charge in [0.05, 0.1) is 21.5 Å². The first-order chi connectivity index (χ1) is 13.0. The largest absolute Gasteiger partial charge is 0.462 e. The molecule has 2 aromatic carbocycles. The van der Waals surface area contributed by atoms with Gasteiger partial charge in [0.25, 0.3) is 0 Å². The van der Waals surface area contributed by atoms with Crippen LogP contribution in [0.25, 0.3) is 0 Å². The van der Waals surface area contributed by atoms with Crippen LogP contribution >= 0.6 is 23.2 Å². The van der Waals surface area contributed by atoms with Gasteiger partial charge in [-0.15, -0.1) is 0 Å². The molecule has 0 aromatic heterocycles. The Bertz CT molecular complexity index is 966. The summed E-state index contributed by atoms with van der Waals surface area (Å²) in [5, 5.41) is 0.0170. The Hall–Kier alpha value is -1.74. The van der Waals surface area contributed by atoms with Crippen LogP contribution < -0.4 is 4.72 Å². The predicted molar refractivity (Wildman–Crippen MR) is 102 cm³/mol. The monoisotopic (exact) mass is 451 g/mol. The van der Waals surface area contributed by atoms with E-state index in [4.69, 9.17) is 23.2 Å². The van der Waals surface area contributed by atoms with E-state index in [1.165, 1.54) is 37.3 Å². The second kappa shape index (κ2) is 8.73. The van der Waals surface area contributed by atoms with E-state index in [1.807, 2.05) is 4.72 Å². The lowest BCUT2D eigenvalue weighted by Gasteiger charge is -2.26. The van der Waals surface area contributed by atoms with Crippen LogP contribution in [-0.2, 0) is 19.6 Å². The molecule has 5 nitrogen and oxygen atoms in total. The van der Waals surface area contributed by atoms with Crippen LogP contribution in [0.15, 0.2) is 47.4 Å². The molecule has 0 bridgehead atoms. The van der Waals surface area contributed by atoms with Crippen LogP contribution in [0.4, 0.5) is 8.78 Å². The first kappa shape index (κ1) is 22.5. The van der Waals surface area contributed by atoms with Crippen LogP contribution in [0.3, 0.4) is 0 Å². The summed E-state index contributed by atoms with van der Waals surface area (Å²) in [6.07, 6.45) is 0. The van der Waals surface area contributed by atoms with Gasteiger partial charge in [0.1, 0.15) is 6.04 Å². The number of carbonyl (C=O) groups is 1. The highest BCUT2D eigenvalue weighted by Crippen LogP contribution is 2.36. The van der Waals surface area contributed by atoms with Crippen molar-refractivity contribution in [1.29, 1.82) is 0 Å². The Kier molecular flexibility index (Phi) is 7.03. The van der Waals surface area contributed by atoms with Crippen molar-refractivity contribution in [3.05, 3.63) is 63.6 Å². The van der Waals surface area contributed by atoms with E-state index in [-0.39, 0.29) is 27.1 Å². The van der Waals surface area contributed by atoms with Gasteiger partial charge in [-0.25, -0.2) is 13.2 Å². The van der Waals surface area contributed by atoms with Crippen molar-refractivity contribution < 1.29 is 26.7 Å². The maximum atomic E-state index is 14.8. The van der Waals surface area contributed by atoms with Crippen molar-refractivity contribution in [3.63, 3.8) is 0 Å². The number of nitrogens with one attached hydrogen (secondary N) is 1. The van der Waals surface area contributed by atoms with Crippen LogP contribution in [0.5, 0.6) is 0 Å². The third-order valence-electron chi connectivity index (χ3n) is 3.79. The third kappa shape index (κ3) is 5.00. The summed E-state index contributed by atoms with van der Waals surface area (Å²) in [5.74, 6) is -6.07. The molecule has 10 heteroatoms. The molecule has 0 aliphatic carbocycles. The van der Waals surface area contributed by atoms with Crippen molar-refractivity contribution in [2.75, 3.05) is 6.61 Å². The lowest BCUT2D eigenvalue weighted by atomic mass is 10.0. The minimum Gasteiger partial charge on any atom is -0.462 e. The van der Waals surface area contributed by atoms with E-state index in [0.717, 1.165) is 17.7 Å². The second-order valence-corrected chi connectivity index (χ2v) is 8.41. The maximum Gasteiger partial charge on any atom is 0.379 e. The zero-order chi connectivity index (χ0) is 21.1. The van der Waals surface area contributed by atoms with Gasteiger partial charge in [-0.05, 0) is 43.7 Å². The number of ether oxygens (including phenoxy) is 1. The van der Waals surface area contributed by atoms with E-state index in [1.54, 1.807) is 6.92 Å². The Morgan fingerprint density at radius 3 is 2.29 bits per heavy atom. The number of sulfonamides is 1. The van der Waals surface area contributed by atoms with Gasteiger partial charge in [0.2, 0.25) is 10.0 Å². The fourth-order valence-corrected chi connectivity index (χ4v) is 3.86. The highest BCUT2D eigenvalue weighted by molar-refractivity contribution is 7.89. The minimum atomic E-state index is -4.39. The zero-order valence-electron chi connectivity index (χ0n) is 14.9. The Morgan fingerprint density at radius 2 is 1.75 bits per heavy atom. The molecule has 0 aliphatic heterocycles. The first-order valence-electron chi connectivity index (χ1n) is 8.08. The molecule has 0 heterocycles. The summed E-state index contributed by atoms with van der Waals surface area (Å²) in [5.41, 5.74) is 0.542. The van der Waals surface area contributed by atoms with E-state index >= 15 is 0 Å². The standard InChI is InChI=1S/C18H17Cl2F2NO4S/c1-3-27-17(24)18(21,22)16(12-6-9-14(19)15(20)10-12)23-28(25,26)13-7-4-11(2)5-8-13/h4-10,16,23H,3H2,1-2H3. The molecule has 1 unspecified atom stereocenters. The fourth-order valence-electron chi connectivity index (χ4n) is 2.33. The molecular formula is C18H17Cl2F2NO4S. The lowest BCUT2D eigenvalue weighted by Crippen LogP contribution is -2.46. The summed E-state index contributed by atoms with van der Waals surface area (Å²) in [6, 6.07) is 6.78. The Balaban J connectivity index is 2.53. The molecule has 28 heavy (non-hydrogen) atoms. The van der Waals surface area contributed by atoms with Gasteiger partial charge >= 0.3 is 11.9 Å². The highest BCUT2D eigenvalue weighted by Gasteiger charge is 2.51. The average Bonchev–Trinajstić information content (AvgIpc) is 2.62. The molecule has 0 spiro atoms. The van der Waals surface area contributed by atoms with Gasteiger partial charge in [-0.2, -0.15) is 13.5 Å². The molecule has 0 radical (unpaired) electrons. The summed E-state index contributed by atoms with van der Waals surface area (Å²) in [4.78, 5) is 11.6. The van der Waals surface area contributed by atoms with E-state index in [0.29, 0.717) is 0 Å². The highest BCUT2D eigenvalue weighted by atomic mass is 35.5. The fraction of sp³-hybridized carbons (Fsp3) is 0.278. The van der Waals surface area contributed by atoms with Crippen molar-refractivity contribution in [3.8, 4) is 0 Å². The van der Waals surface area contributed by atoms with Crippen molar-refractivity contribution in [1.82, 2.24) is 4.72 Å². The van der Waals surface area contributed by atoms with Crippen LogP contribution in [-0.4, -0.2) is 26.9 Å². The zero-order valence-corrected chi connectivity index (χ0v) is 17.2. The second-order valence-electron chi connectivity index (χ2n) is 5.88. The average molecular weight is 452 g/mol. The summed E-state index contributed by atoms with van der Waals surface area (Å²) in [7, 11) is -4.39. The number of aryl methyl sites for hydroxylation is 1. The van der Waals surface area contributed by atoms with Crippen LogP contribution in [0.2, 0.25) is 10.0 Å². The number of hydrogen-bond donors (Lipinski definition) is 1. The molecule has 152 valence electrons. The van der Waals surface area contributed by atoms with Gasteiger partial charge in [0.15, 0.2) is 0 Å². The normalized spacial score (nSPS) is 13.2. The third-order valence-corrected chi connectivity index (χ3v) is 5.97. The summed E-state index contributed by atoms with van der Waals surface area (Å²) >= 11 is 11.7. The van der Waals surface area contributed by atoms with E-state index < -0.39 is 28.0 Å². The molecule has 0 aliphatic rings. The number of hydrogen-bond acceptors (Lipinski definition) is 4. The smallest absolute Gasteiger partial charge is 0.379 e. The van der Waals surface area contributed by atoms with E-state index in [9.17, 15) is 22.0 Å². The number of alkyl halides is 2. The van der Waals surface area contributed by atoms with Crippen LogP contribution in [0.1, 0.15) is 24.1 Å². The summed E-state index contributed by atoms with van der Waals surface area (Å²) < 4.78 is 61.2. The molecular weight excluding hydrogens is 435 g/mol. The number of esters is 1. The van der Waals surface area contributed by atoms with Crippen molar-refractivity contribution >= 4 is 39.2 Å². The lowest BCUT2D eigenvalue weighted by molar-refractivity contribution is -0.175. The molecule has 2 rings (SSSR count). The van der Waals surface area contributed by atoms with Gasteiger partial charge in [-0.3, -0.25) is 0 Å². The SMILES string of the molecule is CCOC(=O)C(F)(F)C(NS(=O)(=O)c1ccc(C)cc1)c1ccc(Cl)c(Cl)c1. The number of carbonyl (C=O) groups excluding carboxylic acids is 1. The summed E-state index contributed by atoms with van der Waals surface area (Å²) in [6.45, 7) is 2.81. The number of rotatable bonds is 7. The quantitative estimate of drug-likeness (QED) is 0.628. The molecule has 0 fully saturated rings. The number of benzene rings is 2. The molecule has 0 saturated carbocycles. The van der Waals surface area contributed by atoms with Gasteiger partial charge < -0.3 is 4.74 Å². The first-order valence-corrected chi connectivity index (χ1v) is 10.3. The molecule has 0 saturated heterocycles. The van der Waals surface area contributed by atoms with Gasteiger partial charge in [-0.1, -0.05) is 47.0 Å². The van der Waals surface area contributed by atoms with E-state index in [2.05, 4.69) is 4.74 Å². The topological polar surface area (TPSA) is 72.5 Å². The van der Waals surface area contributed by atoms with Crippen molar-refractivity contribution in [2.45, 2.75) is 30.7 Å². The molecule has 1 atom stereocenters.